The summed E-state index contributed by atoms with van der Waals surface area (Å²) in [5.74, 6) is 1.97. The summed E-state index contributed by atoms with van der Waals surface area (Å²) in [5, 5.41) is 3.89. The summed E-state index contributed by atoms with van der Waals surface area (Å²) in [6.45, 7) is 4.02. The summed E-state index contributed by atoms with van der Waals surface area (Å²) in [6.07, 6.45) is 3.87. The Labute approximate surface area is 99.0 Å². The first-order valence-corrected chi connectivity index (χ1v) is 5.72. The van der Waals surface area contributed by atoms with Gasteiger partial charge in [0.1, 0.15) is 5.82 Å². The lowest BCUT2D eigenvalue weighted by Gasteiger charge is -2.26. The molecule has 0 saturated heterocycles. The zero-order chi connectivity index (χ0) is 11.7. The molecule has 2 aromatic heterocycles. The lowest BCUT2D eigenvalue weighted by molar-refractivity contribution is 0.186. The van der Waals surface area contributed by atoms with E-state index in [1.54, 1.807) is 0 Å². The van der Waals surface area contributed by atoms with E-state index in [0.29, 0.717) is 6.54 Å². The van der Waals surface area contributed by atoms with Gasteiger partial charge in [-0.2, -0.15) is 0 Å². The SMILES string of the molecule is NCc1cc(CN2CCn3ccnc3C2)on1. The van der Waals surface area contributed by atoms with Crippen LogP contribution in [0.3, 0.4) is 0 Å². The molecule has 2 N–H and O–H groups in total. The van der Waals surface area contributed by atoms with Gasteiger partial charge in [-0.1, -0.05) is 5.16 Å². The molecule has 0 fully saturated rings. The minimum absolute atomic E-state index is 0.425. The van der Waals surface area contributed by atoms with Crippen LogP contribution in [0.1, 0.15) is 17.3 Å². The monoisotopic (exact) mass is 233 g/mol. The Hall–Kier alpha value is -1.66. The first-order valence-electron chi connectivity index (χ1n) is 5.72. The quantitative estimate of drug-likeness (QED) is 0.828. The standard InChI is InChI=1S/C11H15N5O/c12-6-9-5-10(17-14-9)7-15-3-4-16-2-1-13-11(16)8-15/h1-2,5H,3-4,6-8,12H2. The first-order chi connectivity index (χ1) is 8.35. The molecule has 0 amide bonds. The van der Waals surface area contributed by atoms with Crippen molar-refractivity contribution in [1.82, 2.24) is 19.6 Å². The van der Waals surface area contributed by atoms with Crippen LogP contribution in [0.25, 0.3) is 0 Å². The van der Waals surface area contributed by atoms with E-state index >= 15 is 0 Å². The number of fused-ring (bicyclic) bond motifs is 1. The maximum atomic E-state index is 5.50. The van der Waals surface area contributed by atoms with Crippen LogP contribution in [0, 0.1) is 0 Å². The van der Waals surface area contributed by atoms with E-state index in [4.69, 9.17) is 10.3 Å². The van der Waals surface area contributed by atoms with Crippen LogP contribution in [-0.2, 0) is 26.2 Å². The Kier molecular flexibility index (Phi) is 2.66. The molecule has 1 aliphatic rings. The Bertz CT molecular complexity index is 503. The molecule has 17 heavy (non-hydrogen) atoms. The number of nitrogens with two attached hydrogens (primary N) is 1. The Morgan fingerprint density at radius 1 is 1.41 bits per heavy atom. The van der Waals surface area contributed by atoms with E-state index in [2.05, 4.69) is 19.6 Å². The molecule has 90 valence electrons. The smallest absolute Gasteiger partial charge is 0.151 e. The first kappa shape index (κ1) is 10.5. The van der Waals surface area contributed by atoms with E-state index in [-0.39, 0.29) is 0 Å². The van der Waals surface area contributed by atoms with Crippen LogP contribution in [0.5, 0.6) is 0 Å². The van der Waals surface area contributed by atoms with E-state index in [1.165, 1.54) is 0 Å². The van der Waals surface area contributed by atoms with Crippen molar-refractivity contribution in [3.05, 3.63) is 35.7 Å². The fourth-order valence-corrected chi connectivity index (χ4v) is 2.11. The molecule has 0 radical (unpaired) electrons. The van der Waals surface area contributed by atoms with Gasteiger partial charge in [0.15, 0.2) is 5.76 Å². The van der Waals surface area contributed by atoms with Gasteiger partial charge in [-0.15, -0.1) is 0 Å². The summed E-state index contributed by atoms with van der Waals surface area (Å²) in [7, 11) is 0. The van der Waals surface area contributed by atoms with Crippen molar-refractivity contribution < 1.29 is 4.52 Å². The molecule has 3 heterocycles. The van der Waals surface area contributed by atoms with Crippen LogP contribution in [0.2, 0.25) is 0 Å². The summed E-state index contributed by atoms with van der Waals surface area (Å²) in [5.41, 5.74) is 6.30. The van der Waals surface area contributed by atoms with Gasteiger partial charge in [0.2, 0.25) is 0 Å². The van der Waals surface area contributed by atoms with Gasteiger partial charge < -0.3 is 14.8 Å². The average Bonchev–Trinajstić information content (AvgIpc) is 2.96. The molecule has 1 aliphatic heterocycles. The van der Waals surface area contributed by atoms with E-state index in [1.807, 2.05) is 18.5 Å². The van der Waals surface area contributed by atoms with Crippen molar-refractivity contribution in [1.29, 1.82) is 0 Å². The topological polar surface area (TPSA) is 73.1 Å². The highest BCUT2D eigenvalue weighted by atomic mass is 16.5. The number of nitrogens with zero attached hydrogens (tertiary/aromatic N) is 4. The molecule has 0 unspecified atom stereocenters. The molecule has 6 heteroatoms. The number of rotatable bonds is 3. The van der Waals surface area contributed by atoms with Crippen molar-refractivity contribution in [2.45, 2.75) is 26.2 Å². The predicted molar refractivity (Wildman–Crippen MR) is 60.7 cm³/mol. The third-order valence-electron chi connectivity index (χ3n) is 3.02. The number of imidazole rings is 1. The molecule has 0 spiro atoms. The van der Waals surface area contributed by atoms with Gasteiger partial charge >= 0.3 is 0 Å². The van der Waals surface area contributed by atoms with Crippen LogP contribution in [0.15, 0.2) is 23.0 Å². The Balaban J connectivity index is 1.67. The molecule has 0 saturated carbocycles. The Morgan fingerprint density at radius 2 is 2.35 bits per heavy atom. The molecule has 0 aromatic carbocycles. The van der Waals surface area contributed by atoms with E-state index < -0.39 is 0 Å². The molecule has 0 aliphatic carbocycles. The molecule has 6 nitrogen and oxygen atoms in total. The fraction of sp³-hybridized carbons (Fsp3) is 0.455. The maximum absolute atomic E-state index is 5.50. The highest BCUT2D eigenvalue weighted by molar-refractivity contribution is 5.05. The van der Waals surface area contributed by atoms with Gasteiger partial charge in [0, 0.05) is 38.1 Å². The van der Waals surface area contributed by atoms with Crippen LogP contribution >= 0.6 is 0 Å². The zero-order valence-electron chi connectivity index (χ0n) is 9.54. The van der Waals surface area contributed by atoms with E-state index in [0.717, 1.165) is 43.5 Å². The lowest BCUT2D eigenvalue weighted by Crippen LogP contribution is -2.33. The summed E-state index contributed by atoms with van der Waals surface area (Å²) < 4.78 is 7.41. The van der Waals surface area contributed by atoms with Gasteiger partial charge in [-0.25, -0.2) is 4.98 Å². The number of aromatic nitrogens is 3. The molecule has 3 rings (SSSR count). The normalized spacial score (nSPS) is 16.1. The van der Waals surface area contributed by atoms with Crippen molar-refractivity contribution in [3.8, 4) is 0 Å². The average molecular weight is 233 g/mol. The third kappa shape index (κ3) is 2.09. The van der Waals surface area contributed by atoms with Gasteiger partial charge in [-0.05, 0) is 0 Å². The fourth-order valence-electron chi connectivity index (χ4n) is 2.11. The van der Waals surface area contributed by atoms with Crippen LogP contribution < -0.4 is 5.73 Å². The van der Waals surface area contributed by atoms with Crippen molar-refractivity contribution in [2.24, 2.45) is 5.73 Å². The van der Waals surface area contributed by atoms with Crippen molar-refractivity contribution >= 4 is 0 Å². The van der Waals surface area contributed by atoms with Crippen LogP contribution in [-0.4, -0.2) is 26.2 Å². The van der Waals surface area contributed by atoms with Gasteiger partial charge in [0.25, 0.3) is 0 Å². The third-order valence-corrected chi connectivity index (χ3v) is 3.02. The summed E-state index contributed by atoms with van der Waals surface area (Å²) in [6, 6.07) is 1.92. The predicted octanol–water partition coefficient (Wildman–Crippen LogP) is 0.346. The molecular formula is C11H15N5O. The molecule has 2 aromatic rings. The molecule has 0 atom stereocenters. The lowest BCUT2D eigenvalue weighted by atomic mass is 10.3. The summed E-state index contributed by atoms with van der Waals surface area (Å²) in [4.78, 5) is 6.62. The molecule has 0 bridgehead atoms. The molecular weight excluding hydrogens is 218 g/mol. The van der Waals surface area contributed by atoms with Crippen molar-refractivity contribution in [2.75, 3.05) is 6.54 Å². The minimum atomic E-state index is 0.425. The van der Waals surface area contributed by atoms with Gasteiger partial charge in [0.05, 0.1) is 18.8 Å². The largest absolute Gasteiger partial charge is 0.360 e. The zero-order valence-corrected chi connectivity index (χ0v) is 9.54. The maximum Gasteiger partial charge on any atom is 0.151 e. The second-order valence-electron chi connectivity index (χ2n) is 4.24. The van der Waals surface area contributed by atoms with Gasteiger partial charge in [-0.3, -0.25) is 4.90 Å². The second-order valence-corrected chi connectivity index (χ2v) is 4.24. The number of hydrogen-bond acceptors (Lipinski definition) is 5. The highest BCUT2D eigenvalue weighted by Gasteiger charge is 2.18. The van der Waals surface area contributed by atoms with Crippen molar-refractivity contribution in [3.63, 3.8) is 0 Å². The number of hydrogen-bond donors (Lipinski definition) is 1. The highest BCUT2D eigenvalue weighted by Crippen LogP contribution is 2.14. The summed E-state index contributed by atoms with van der Waals surface area (Å²) >= 11 is 0. The van der Waals surface area contributed by atoms with E-state index in [9.17, 15) is 0 Å². The Morgan fingerprint density at radius 3 is 3.18 bits per heavy atom. The minimum Gasteiger partial charge on any atom is -0.360 e. The second kappa shape index (κ2) is 4.31. The van der Waals surface area contributed by atoms with Crippen LogP contribution in [0.4, 0.5) is 0 Å².